The van der Waals surface area contributed by atoms with Crippen molar-refractivity contribution in [3.63, 3.8) is 0 Å². The molecule has 1 saturated carbocycles. The molecule has 0 unspecified atom stereocenters. The summed E-state index contributed by atoms with van der Waals surface area (Å²) in [6.07, 6.45) is 6.52. The average molecular weight is 448 g/mol. The first-order chi connectivity index (χ1) is 15.7. The number of nitrogens with zero attached hydrogens (tertiary/aromatic N) is 3. The monoisotopic (exact) mass is 447 g/mol. The molecular weight excluding hydrogens is 418 g/mol. The summed E-state index contributed by atoms with van der Waals surface area (Å²) in [7, 11) is 0. The fourth-order valence-electron chi connectivity index (χ4n) is 4.32. The quantitative estimate of drug-likeness (QED) is 0.529. The van der Waals surface area contributed by atoms with Crippen molar-refractivity contribution in [3.8, 4) is 5.88 Å². The van der Waals surface area contributed by atoms with E-state index in [4.69, 9.17) is 20.2 Å². The molecule has 3 N–H and O–H groups in total. The summed E-state index contributed by atoms with van der Waals surface area (Å²) in [6.45, 7) is 7.89. The van der Waals surface area contributed by atoms with E-state index in [1.54, 1.807) is 24.5 Å². The van der Waals surface area contributed by atoms with Gasteiger partial charge in [-0.2, -0.15) is 0 Å². The molecule has 0 aromatic carbocycles. The Kier molecular flexibility index (Phi) is 5.20. The number of fused-ring (bicyclic) bond motifs is 2. The Labute approximate surface area is 192 Å². The van der Waals surface area contributed by atoms with Crippen molar-refractivity contribution in [3.05, 3.63) is 47.4 Å². The third kappa shape index (κ3) is 4.11. The lowest BCUT2D eigenvalue weighted by Crippen LogP contribution is -2.30. The molecule has 3 aromatic rings. The number of anilines is 2. The number of rotatable bonds is 6. The van der Waals surface area contributed by atoms with Gasteiger partial charge < -0.3 is 20.5 Å². The summed E-state index contributed by atoms with van der Waals surface area (Å²) >= 11 is 0. The van der Waals surface area contributed by atoms with Gasteiger partial charge in [-0.25, -0.2) is 19.7 Å². The van der Waals surface area contributed by atoms with E-state index in [1.807, 2.05) is 26.8 Å². The number of nitrogens with one attached hydrogen (secondary N) is 1. The van der Waals surface area contributed by atoms with Crippen molar-refractivity contribution < 1.29 is 14.3 Å². The van der Waals surface area contributed by atoms with Crippen LogP contribution in [0.15, 0.2) is 30.6 Å². The summed E-state index contributed by atoms with van der Waals surface area (Å²) in [5.41, 5.74) is 8.06. The molecule has 0 saturated heterocycles. The van der Waals surface area contributed by atoms with Crippen molar-refractivity contribution in [1.82, 2.24) is 15.0 Å². The number of ether oxygens (including phenoxy) is 2. The number of nitrogens with two attached hydrogens (primary N) is 1. The minimum atomic E-state index is -0.586. The summed E-state index contributed by atoms with van der Waals surface area (Å²) in [5, 5.41) is 5.07. The van der Waals surface area contributed by atoms with Gasteiger partial charge in [-0.05, 0) is 69.2 Å². The number of cyclic esters (lactones) is 1. The molecule has 0 bridgehead atoms. The molecule has 1 aliphatic carbocycles. The van der Waals surface area contributed by atoms with Crippen LogP contribution in [0.2, 0.25) is 0 Å². The molecule has 33 heavy (non-hydrogen) atoms. The van der Waals surface area contributed by atoms with Crippen LogP contribution < -0.4 is 15.8 Å². The van der Waals surface area contributed by atoms with E-state index in [9.17, 15) is 4.79 Å². The van der Waals surface area contributed by atoms with Gasteiger partial charge in [0.05, 0.1) is 16.6 Å². The van der Waals surface area contributed by atoms with Crippen LogP contribution in [0.1, 0.15) is 74.5 Å². The van der Waals surface area contributed by atoms with E-state index in [-0.39, 0.29) is 24.1 Å². The maximum Gasteiger partial charge on any atom is 0.340 e. The van der Waals surface area contributed by atoms with Gasteiger partial charge in [0.15, 0.2) is 0 Å². The summed E-state index contributed by atoms with van der Waals surface area (Å²) in [4.78, 5) is 26.2. The molecule has 172 valence electrons. The molecule has 8 heteroatoms. The third-order valence-electron chi connectivity index (χ3n) is 6.28. The highest BCUT2D eigenvalue weighted by Gasteiger charge is 2.33. The van der Waals surface area contributed by atoms with Crippen LogP contribution >= 0.6 is 0 Å². The van der Waals surface area contributed by atoms with Crippen molar-refractivity contribution in [2.24, 2.45) is 5.73 Å². The van der Waals surface area contributed by atoms with Crippen LogP contribution in [0.5, 0.6) is 5.88 Å². The highest BCUT2D eigenvalue weighted by atomic mass is 16.5. The average Bonchev–Trinajstić information content (AvgIpc) is 3.57. The van der Waals surface area contributed by atoms with Gasteiger partial charge in [0.1, 0.15) is 23.8 Å². The zero-order valence-electron chi connectivity index (χ0n) is 19.4. The van der Waals surface area contributed by atoms with E-state index < -0.39 is 5.54 Å². The standard InChI is InChI=1S/C25H29N5O3/c1-5-15-13(2)32-24(31)16-8-9-20(30-22(15)16)29-21-10-17-18(11-27-21)23(33-14-6-7-14)28-12-19(17)25(3,4)26/h8-15H,5-7,26H2,1-4H3,(H,27,29,30)/t13-,15+/m0/s1. The molecule has 1 fully saturated rings. The molecular formula is C25H29N5O3. The Hall–Kier alpha value is -3.26. The number of pyridine rings is 3. The first kappa shape index (κ1) is 21.6. The predicted molar refractivity (Wildman–Crippen MR) is 126 cm³/mol. The van der Waals surface area contributed by atoms with Crippen molar-refractivity contribution >= 4 is 28.4 Å². The normalized spacial score (nSPS) is 20.3. The van der Waals surface area contributed by atoms with Gasteiger partial charge in [0.2, 0.25) is 5.88 Å². The summed E-state index contributed by atoms with van der Waals surface area (Å²) in [5.74, 6) is 1.57. The molecule has 2 aliphatic rings. The second-order valence-electron chi connectivity index (χ2n) is 9.51. The topological polar surface area (TPSA) is 112 Å². The molecule has 0 radical (unpaired) electrons. The number of carbonyl (C=O) groups is 1. The molecule has 8 nitrogen and oxygen atoms in total. The summed E-state index contributed by atoms with van der Waals surface area (Å²) in [6, 6.07) is 5.50. The second-order valence-corrected chi connectivity index (χ2v) is 9.51. The third-order valence-corrected chi connectivity index (χ3v) is 6.28. The van der Waals surface area contributed by atoms with Gasteiger partial charge >= 0.3 is 5.97 Å². The van der Waals surface area contributed by atoms with Gasteiger partial charge in [-0.15, -0.1) is 0 Å². The van der Waals surface area contributed by atoms with E-state index >= 15 is 0 Å². The highest BCUT2D eigenvalue weighted by molar-refractivity contribution is 5.93. The molecule has 1 aliphatic heterocycles. The van der Waals surface area contributed by atoms with Crippen molar-refractivity contribution in [1.29, 1.82) is 0 Å². The lowest BCUT2D eigenvalue weighted by Gasteiger charge is -2.29. The fraction of sp³-hybridized carbons (Fsp3) is 0.440. The van der Waals surface area contributed by atoms with E-state index in [1.165, 1.54) is 0 Å². The second kappa shape index (κ2) is 7.95. The zero-order valence-corrected chi connectivity index (χ0v) is 19.4. The van der Waals surface area contributed by atoms with Crippen LogP contribution in [-0.4, -0.2) is 33.1 Å². The van der Waals surface area contributed by atoms with Gasteiger partial charge in [0, 0.05) is 23.9 Å². The van der Waals surface area contributed by atoms with E-state index in [0.717, 1.165) is 41.3 Å². The lowest BCUT2D eigenvalue weighted by molar-refractivity contribution is 0.0215. The van der Waals surface area contributed by atoms with Gasteiger partial charge in [-0.1, -0.05) is 6.92 Å². The predicted octanol–water partition coefficient (Wildman–Crippen LogP) is 4.56. The first-order valence-corrected chi connectivity index (χ1v) is 11.5. The molecule has 0 amide bonds. The largest absolute Gasteiger partial charge is 0.474 e. The van der Waals surface area contributed by atoms with Gasteiger partial charge in [-0.3, -0.25) is 0 Å². The Morgan fingerprint density at radius 2 is 1.97 bits per heavy atom. The maximum absolute atomic E-state index is 12.3. The number of aromatic nitrogens is 3. The van der Waals surface area contributed by atoms with Gasteiger partial charge in [0.25, 0.3) is 0 Å². The molecule has 5 rings (SSSR count). The Morgan fingerprint density at radius 1 is 1.18 bits per heavy atom. The lowest BCUT2D eigenvalue weighted by atomic mass is 9.90. The minimum Gasteiger partial charge on any atom is -0.474 e. The van der Waals surface area contributed by atoms with Crippen LogP contribution in [-0.2, 0) is 10.3 Å². The van der Waals surface area contributed by atoms with Crippen LogP contribution in [0.3, 0.4) is 0 Å². The fourth-order valence-corrected chi connectivity index (χ4v) is 4.32. The number of hydrogen-bond acceptors (Lipinski definition) is 8. The van der Waals surface area contributed by atoms with E-state index in [2.05, 4.69) is 22.2 Å². The van der Waals surface area contributed by atoms with Crippen LogP contribution in [0.25, 0.3) is 10.8 Å². The smallest absolute Gasteiger partial charge is 0.340 e. The zero-order chi connectivity index (χ0) is 23.3. The Bertz CT molecular complexity index is 1230. The minimum absolute atomic E-state index is 0.0573. The molecule has 4 heterocycles. The van der Waals surface area contributed by atoms with Crippen LogP contribution in [0.4, 0.5) is 11.6 Å². The van der Waals surface area contributed by atoms with Crippen molar-refractivity contribution in [2.45, 2.75) is 70.6 Å². The number of esters is 1. The van der Waals surface area contributed by atoms with E-state index in [0.29, 0.717) is 23.1 Å². The molecule has 3 aromatic heterocycles. The molecule has 0 spiro atoms. The summed E-state index contributed by atoms with van der Waals surface area (Å²) < 4.78 is 11.5. The van der Waals surface area contributed by atoms with Crippen molar-refractivity contribution in [2.75, 3.05) is 5.32 Å². The number of carbonyl (C=O) groups excluding carboxylic acids is 1. The SMILES string of the molecule is CC[C@H]1c2nc(Nc3cc4c(C(C)(C)N)cnc(OC5CC5)c4cn3)ccc2C(=O)O[C@H]1C. The Morgan fingerprint density at radius 3 is 2.67 bits per heavy atom. The highest BCUT2D eigenvalue weighted by Crippen LogP contribution is 2.36. The maximum atomic E-state index is 12.3. The Balaban J connectivity index is 1.53. The molecule has 2 atom stereocenters. The number of hydrogen-bond donors (Lipinski definition) is 2. The van der Waals surface area contributed by atoms with Crippen LogP contribution in [0, 0.1) is 0 Å². The first-order valence-electron chi connectivity index (χ1n) is 11.5.